The molecule has 0 saturated carbocycles. The van der Waals surface area contributed by atoms with Crippen LogP contribution in [0.25, 0.3) is 0 Å². The lowest BCUT2D eigenvalue weighted by Gasteiger charge is -2.34. The molecule has 1 aliphatic rings. The molecule has 5 nitrogen and oxygen atoms in total. The van der Waals surface area contributed by atoms with Crippen LogP contribution in [-0.4, -0.2) is 40.5 Å². The molecule has 1 saturated heterocycles. The van der Waals surface area contributed by atoms with Crippen LogP contribution in [0.4, 0.5) is 0 Å². The van der Waals surface area contributed by atoms with Gasteiger partial charge in [0, 0.05) is 6.54 Å². The van der Waals surface area contributed by atoms with E-state index < -0.39 is 18.1 Å². The van der Waals surface area contributed by atoms with Crippen LogP contribution < -0.4 is 5.73 Å². The normalized spacial score (nSPS) is 22.2. The number of nitrogens with two attached hydrogens (primary N) is 1. The zero-order valence-electron chi connectivity index (χ0n) is 10.4. The molecule has 1 heterocycles. The minimum absolute atomic E-state index is 0.203. The number of carbonyl (C=O) groups is 2. The fourth-order valence-corrected chi connectivity index (χ4v) is 2.21. The van der Waals surface area contributed by atoms with E-state index in [1.165, 1.54) is 4.90 Å². The van der Waals surface area contributed by atoms with Crippen LogP contribution in [0.1, 0.15) is 45.4 Å². The number of carboxylic acid groups (broad SMARTS) is 1. The quantitative estimate of drug-likeness (QED) is 0.752. The van der Waals surface area contributed by atoms with Crippen LogP contribution in [-0.2, 0) is 9.59 Å². The van der Waals surface area contributed by atoms with E-state index >= 15 is 0 Å². The third-order valence-electron chi connectivity index (χ3n) is 3.26. The lowest BCUT2D eigenvalue weighted by atomic mass is 10.00. The topological polar surface area (TPSA) is 83.6 Å². The first kappa shape index (κ1) is 14.0. The van der Waals surface area contributed by atoms with Gasteiger partial charge in [-0.1, -0.05) is 19.8 Å². The Hall–Kier alpha value is -1.10. The van der Waals surface area contributed by atoms with Gasteiger partial charge in [0.15, 0.2) is 0 Å². The highest BCUT2D eigenvalue weighted by molar-refractivity contribution is 5.87. The van der Waals surface area contributed by atoms with E-state index in [4.69, 9.17) is 10.8 Å². The molecule has 2 atom stereocenters. The summed E-state index contributed by atoms with van der Waals surface area (Å²) in [7, 11) is 0. The van der Waals surface area contributed by atoms with Gasteiger partial charge in [-0.2, -0.15) is 0 Å². The van der Waals surface area contributed by atoms with Crippen molar-refractivity contribution in [3.63, 3.8) is 0 Å². The lowest BCUT2D eigenvalue weighted by molar-refractivity contribution is -0.152. The average Bonchev–Trinajstić information content (AvgIpc) is 2.34. The molecule has 0 aliphatic carbocycles. The number of amides is 1. The second-order valence-corrected chi connectivity index (χ2v) is 4.63. The molecule has 0 aromatic carbocycles. The molecule has 1 rings (SSSR count). The third kappa shape index (κ3) is 3.70. The van der Waals surface area contributed by atoms with E-state index in [1.807, 2.05) is 6.92 Å². The summed E-state index contributed by atoms with van der Waals surface area (Å²) in [6, 6.07) is -1.22. The van der Waals surface area contributed by atoms with Crippen molar-refractivity contribution in [3.8, 4) is 0 Å². The van der Waals surface area contributed by atoms with Crippen LogP contribution in [0.5, 0.6) is 0 Å². The van der Waals surface area contributed by atoms with E-state index in [-0.39, 0.29) is 5.91 Å². The lowest BCUT2D eigenvalue weighted by Crippen LogP contribution is -2.53. The van der Waals surface area contributed by atoms with E-state index in [9.17, 15) is 9.59 Å². The number of aliphatic carboxylic acids is 1. The van der Waals surface area contributed by atoms with Gasteiger partial charge in [-0.25, -0.2) is 4.79 Å². The maximum Gasteiger partial charge on any atom is 0.326 e. The van der Waals surface area contributed by atoms with Crippen molar-refractivity contribution in [3.05, 3.63) is 0 Å². The molecule has 0 spiro atoms. The molecular weight excluding hydrogens is 220 g/mol. The Morgan fingerprint density at radius 3 is 2.76 bits per heavy atom. The van der Waals surface area contributed by atoms with Gasteiger partial charge in [0.2, 0.25) is 5.91 Å². The Kier molecular flexibility index (Phi) is 5.41. The van der Waals surface area contributed by atoms with Crippen molar-refractivity contribution < 1.29 is 14.7 Å². The Morgan fingerprint density at radius 2 is 2.18 bits per heavy atom. The highest BCUT2D eigenvalue weighted by Gasteiger charge is 2.33. The number of unbranched alkanes of at least 4 members (excludes halogenated alkanes) is 1. The fraction of sp³-hybridized carbons (Fsp3) is 0.833. The summed E-state index contributed by atoms with van der Waals surface area (Å²) in [4.78, 5) is 24.6. The molecular formula is C12H22N2O3. The first-order valence-corrected chi connectivity index (χ1v) is 6.36. The minimum atomic E-state index is -0.916. The Morgan fingerprint density at radius 1 is 1.47 bits per heavy atom. The molecule has 1 unspecified atom stereocenters. The second kappa shape index (κ2) is 6.59. The van der Waals surface area contributed by atoms with Crippen LogP contribution in [0.2, 0.25) is 0 Å². The van der Waals surface area contributed by atoms with Gasteiger partial charge < -0.3 is 15.7 Å². The van der Waals surface area contributed by atoms with Crippen molar-refractivity contribution in [1.29, 1.82) is 0 Å². The summed E-state index contributed by atoms with van der Waals surface area (Å²) < 4.78 is 0. The fourth-order valence-electron chi connectivity index (χ4n) is 2.21. The van der Waals surface area contributed by atoms with Gasteiger partial charge in [-0.05, 0) is 25.7 Å². The monoisotopic (exact) mass is 242 g/mol. The van der Waals surface area contributed by atoms with Crippen molar-refractivity contribution in [1.82, 2.24) is 4.90 Å². The standard InChI is InChI=1S/C12H22N2O3/c1-2-3-6-9(13)11(15)14-8-5-4-7-10(14)12(16)17/h9-10H,2-8,13H2,1H3,(H,16,17)/t9-,10?/m0/s1. The van der Waals surface area contributed by atoms with Crippen molar-refractivity contribution >= 4 is 11.9 Å². The number of rotatable bonds is 5. The minimum Gasteiger partial charge on any atom is -0.480 e. The van der Waals surface area contributed by atoms with E-state index in [2.05, 4.69) is 0 Å². The molecule has 5 heteroatoms. The summed E-state index contributed by atoms with van der Waals surface area (Å²) >= 11 is 0. The molecule has 0 aromatic heterocycles. The van der Waals surface area contributed by atoms with Crippen LogP contribution in [0.15, 0.2) is 0 Å². The molecule has 0 bridgehead atoms. The van der Waals surface area contributed by atoms with E-state index in [0.29, 0.717) is 19.4 Å². The maximum atomic E-state index is 12.1. The summed E-state index contributed by atoms with van der Waals surface area (Å²) in [5.74, 6) is -1.12. The number of carbonyl (C=O) groups excluding carboxylic acids is 1. The average molecular weight is 242 g/mol. The van der Waals surface area contributed by atoms with Crippen molar-refractivity contribution in [2.45, 2.75) is 57.5 Å². The molecule has 3 N–H and O–H groups in total. The van der Waals surface area contributed by atoms with Gasteiger partial charge in [0.05, 0.1) is 6.04 Å². The summed E-state index contributed by atoms with van der Waals surface area (Å²) in [5.41, 5.74) is 5.81. The second-order valence-electron chi connectivity index (χ2n) is 4.63. The molecule has 1 aliphatic heterocycles. The highest BCUT2D eigenvalue weighted by Crippen LogP contribution is 2.18. The number of likely N-dealkylation sites (tertiary alicyclic amines) is 1. The molecule has 98 valence electrons. The Balaban J connectivity index is 2.61. The molecule has 1 fully saturated rings. The highest BCUT2D eigenvalue weighted by atomic mass is 16.4. The van der Waals surface area contributed by atoms with Crippen molar-refractivity contribution in [2.75, 3.05) is 6.54 Å². The zero-order valence-corrected chi connectivity index (χ0v) is 10.4. The van der Waals surface area contributed by atoms with Crippen LogP contribution in [0, 0.1) is 0 Å². The zero-order chi connectivity index (χ0) is 12.8. The van der Waals surface area contributed by atoms with Gasteiger partial charge in [-0.3, -0.25) is 4.79 Å². The number of hydrogen-bond donors (Lipinski definition) is 2. The number of nitrogens with zero attached hydrogens (tertiary/aromatic N) is 1. The van der Waals surface area contributed by atoms with Gasteiger partial charge in [0.25, 0.3) is 0 Å². The molecule has 0 radical (unpaired) electrons. The van der Waals surface area contributed by atoms with Crippen LogP contribution >= 0.6 is 0 Å². The number of hydrogen-bond acceptors (Lipinski definition) is 3. The predicted molar refractivity (Wildman–Crippen MR) is 64.5 cm³/mol. The third-order valence-corrected chi connectivity index (χ3v) is 3.26. The number of piperidine rings is 1. The maximum absolute atomic E-state index is 12.1. The van der Waals surface area contributed by atoms with Crippen LogP contribution in [0.3, 0.4) is 0 Å². The molecule has 17 heavy (non-hydrogen) atoms. The largest absolute Gasteiger partial charge is 0.480 e. The smallest absolute Gasteiger partial charge is 0.326 e. The molecule has 0 aromatic rings. The van der Waals surface area contributed by atoms with E-state index in [1.54, 1.807) is 0 Å². The summed E-state index contributed by atoms with van der Waals surface area (Å²) in [6.07, 6.45) is 4.81. The SMILES string of the molecule is CCCC[C@H](N)C(=O)N1CCCCC1C(=O)O. The van der Waals surface area contributed by atoms with Gasteiger partial charge >= 0.3 is 5.97 Å². The summed E-state index contributed by atoms with van der Waals surface area (Å²) in [6.45, 7) is 2.56. The van der Waals surface area contributed by atoms with Gasteiger partial charge in [-0.15, -0.1) is 0 Å². The van der Waals surface area contributed by atoms with E-state index in [0.717, 1.165) is 25.7 Å². The predicted octanol–water partition coefficient (Wildman–Crippen LogP) is 0.970. The first-order chi connectivity index (χ1) is 8.07. The summed E-state index contributed by atoms with van der Waals surface area (Å²) in [5, 5.41) is 9.08. The Bertz CT molecular complexity index is 281. The first-order valence-electron chi connectivity index (χ1n) is 6.36. The molecule has 1 amide bonds. The van der Waals surface area contributed by atoms with Gasteiger partial charge in [0.1, 0.15) is 6.04 Å². The number of carboxylic acids is 1. The Labute approximate surface area is 102 Å². The van der Waals surface area contributed by atoms with Crippen molar-refractivity contribution in [2.24, 2.45) is 5.73 Å².